The Labute approximate surface area is 171 Å². The van der Waals surface area contributed by atoms with E-state index < -0.39 is 6.04 Å². The van der Waals surface area contributed by atoms with Crippen LogP contribution in [0.4, 0.5) is 0 Å². The number of ether oxygens (including phenoxy) is 1. The van der Waals surface area contributed by atoms with E-state index in [1.807, 2.05) is 57.2 Å². The fourth-order valence-electron chi connectivity index (χ4n) is 2.72. The van der Waals surface area contributed by atoms with E-state index in [0.717, 1.165) is 11.1 Å². The van der Waals surface area contributed by atoms with Crippen LogP contribution in [0.25, 0.3) is 0 Å². The zero-order valence-corrected chi connectivity index (χ0v) is 17.5. The maximum absolute atomic E-state index is 12.9. The number of amides is 2. The van der Waals surface area contributed by atoms with Gasteiger partial charge in [-0.3, -0.25) is 9.59 Å². The number of halogens is 1. The molecule has 0 saturated carbocycles. The van der Waals surface area contributed by atoms with Crippen LogP contribution in [0.2, 0.25) is 5.02 Å². The minimum atomic E-state index is -0.633. The van der Waals surface area contributed by atoms with Gasteiger partial charge in [-0.2, -0.15) is 0 Å². The number of benzene rings is 2. The van der Waals surface area contributed by atoms with Crippen molar-refractivity contribution in [3.63, 3.8) is 0 Å². The van der Waals surface area contributed by atoms with E-state index in [0.29, 0.717) is 17.3 Å². The molecule has 0 spiro atoms. The highest BCUT2D eigenvalue weighted by molar-refractivity contribution is 6.30. The fourth-order valence-corrected chi connectivity index (χ4v) is 2.84. The number of nitrogens with one attached hydrogen (secondary N) is 1. The van der Waals surface area contributed by atoms with Crippen LogP contribution in [-0.4, -0.2) is 35.4 Å². The van der Waals surface area contributed by atoms with Crippen molar-refractivity contribution in [1.82, 2.24) is 10.2 Å². The molecule has 0 bridgehead atoms. The summed E-state index contributed by atoms with van der Waals surface area (Å²) in [6.07, 6.45) is 0. The summed E-state index contributed by atoms with van der Waals surface area (Å²) in [6.45, 7) is 7.56. The molecule has 0 radical (unpaired) electrons. The molecular formula is C22H27ClN2O3. The first kappa shape index (κ1) is 21.8. The van der Waals surface area contributed by atoms with Crippen molar-refractivity contribution in [2.45, 2.75) is 46.3 Å². The highest BCUT2D eigenvalue weighted by Gasteiger charge is 2.27. The Morgan fingerprint density at radius 2 is 1.71 bits per heavy atom. The Bertz CT molecular complexity index is 806. The fraction of sp³-hybridized carbons (Fsp3) is 0.364. The van der Waals surface area contributed by atoms with E-state index in [2.05, 4.69) is 5.32 Å². The average Bonchev–Trinajstić information content (AvgIpc) is 2.65. The third kappa shape index (κ3) is 6.27. The van der Waals surface area contributed by atoms with Gasteiger partial charge in [0.1, 0.15) is 11.8 Å². The van der Waals surface area contributed by atoms with Gasteiger partial charge in [0.25, 0.3) is 5.91 Å². The van der Waals surface area contributed by atoms with Crippen molar-refractivity contribution >= 4 is 23.4 Å². The molecule has 1 unspecified atom stereocenters. The third-order valence-electron chi connectivity index (χ3n) is 4.31. The smallest absolute Gasteiger partial charge is 0.261 e. The lowest BCUT2D eigenvalue weighted by Gasteiger charge is -2.29. The molecule has 5 nitrogen and oxygen atoms in total. The maximum atomic E-state index is 12.9. The van der Waals surface area contributed by atoms with E-state index in [4.69, 9.17) is 16.3 Å². The van der Waals surface area contributed by atoms with Crippen LogP contribution in [0.5, 0.6) is 5.75 Å². The van der Waals surface area contributed by atoms with Crippen molar-refractivity contribution in [2.24, 2.45) is 0 Å². The molecular weight excluding hydrogens is 376 g/mol. The number of hydrogen-bond acceptors (Lipinski definition) is 3. The molecule has 0 aliphatic rings. The predicted molar refractivity (Wildman–Crippen MR) is 111 cm³/mol. The molecule has 1 N–H and O–H groups in total. The summed E-state index contributed by atoms with van der Waals surface area (Å²) in [5.74, 6) is 0.194. The molecule has 0 heterocycles. The Hall–Kier alpha value is -2.53. The van der Waals surface area contributed by atoms with Crippen LogP contribution in [0, 0.1) is 6.92 Å². The van der Waals surface area contributed by atoms with Gasteiger partial charge in [0.2, 0.25) is 5.91 Å². The molecule has 1 atom stereocenters. The minimum Gasteiger partial charge on any atom is -0.484 e. The van der Waals surface area contributed by atoms with Gasteiger partial charge in [-0.1, -0.05) is 41.9 Å². The average molecular weight is 403 g/mol. The summed E-state index contributed by atoms with van der Waals surface area (Å²) < 4.78 is 5.70. The Kier molecular flexibility index (Phi) is 7.88. The van der Waals surface area contributed by atoms with Gasteiger partial charge in [-0.25, -0.2) is 0 Å². The van der Waals surface area contributed by atoms with Crippen molar-refractivity contribution in [3.05, 3.63) is 64.7 Å². The quantitative estimate of drug-likeness (QED) is 0.726. The second-order valence-corrected chi connectivity index (χ2v) is 7.48. The summed E-state index contributed by atoms with van der Waals surface area (Å²) in [7, 11) is 0. The second-order valence-electron chi connectivity index (χ2n) is 7.04. The van der Waals surface area contributed by atoms with Crippen LogP contribution < -0.4 is 10.1 Å². The van der Waals surface area contributed by atoms with E-state index in [1.54, 1.807) is 19.1 Å². The monoisotopic (exact) mass is 402 g/mol. The van der Waals surface area contributed by atoms with Gasteiger partial charge < -0.3 is 15.0 Å². The molecule has 0 fully saturated rings. The molecule has 2 aromatic carbocycles. The molecule has 0 saturated heterocycles. The lowest BCUT2D eigenvalue weighted by atomic mass is 10.1. The number of nitrogens with zero attached hydrogens (tertiary/aromatic N) is 1. The van der Waals surface area contributed by atoms with Crippen LogP contribution in [0.15, 0.2) is 48.5 Å². The molecule has 0 aliphatic carbocycles. The zero-order valence-electron chi connectivity index (χ0n) is 16.7. The lowest BCUT2D eigenvalue weighted by Crippen LogP contribution is -2.50. The largest absolute Gasteiger partial charge is 0.484 e. The predicted octanol–water partition coefficient (Wildman–Crippen LogP) is 3.97. The van der Waals surface area contributed by atoms with Crippen LogP contribution >= 0.6 is 11.6 Å². The maximum Gasteiger partial charge on any atom is 0.261 e. The first-order valence-electron chi connectivity index (χ1n) is 9.30. The topological polar surface area (TPSA) is 58.6 Å². The Morgan fingerprint density at radius 1 is 1.07 bits per heavy atom. The van der Waals surface area contributed by atoms with Crippen molar-refractivity contribution in [2.75, 3.05) is 6.61 Å². The van der Waals surface area contributed by atoms with Crippen LogP contribution in [0.1, 0.15) is 31.9 Å². The number of carbonyl (C=O) groups excluding carboxylic acids is 2. The Morgan fingerprint density at radius 3 is 2.32 bits per heavy atom. The normalized spacial score (nSPS) is 11.8. The van der Waals surface area contributed by atoms with Gasteiger partial charge in [0, 0.05) is 17.6 Å². The molecule has 28 heavy (non-hydrogen) atoms. The summed E-state index contributed by atoms with van der Waals surface area (Å²) in [5.41, 5.74) is 1.84. The number of aryl methyl sites for hydroxylation is 1. The molecule has 0 aromatic heterocycles. The van der Waals surface area contributed by atoms with Gasteiger partial charge in [-0.15, -0.1) is 0 Å². The first-order valence-corrected chi connectivity index (χ1v) is 9.68. The van der Waals surface area contributed by atoms with Crippen molar-refractivity contribution in [3.8, 4) is 5.75 Å². The van der Waals surface area contributed by atoms with Crippen molar-refractivity contribution in [1.29, 1.82) is 0 Å². The molecule has 2 amide bonds. The summed E-state index contributed by atoms with van der Waals surface area (Å²) in [5, 5.41) is 3.48. The molecule has 2 aromatic rings. The summed E-state index contributed by atoms with van der Waals surface area (Å²) >= 11 is 5.95. The number of rotatable bonds is 8. The van der Waals surface area contributed by atoms with Gasteiger partial charge in [-0.05, 0) is 57.0 Å². The summed E-state index contributed by atoms with van der Waals surface area (Å²) in [6, 6.07) is 14.1. The summed E-state index contributed by atoms with van der Waals surface area (Å²) in [4.78, 5) is 27.0. The highest BCUT2D eigenvalue weighted by atomic mass is 35.5. The number of hydrogen-bond donors (Lipinski definition) is 1. The molecule has 2 rings (SSSR count). The molecule has 0 aliphatic heterocycles. The second kappa shape index (κ2) is 10.1. The molecule has 150 valence electrons. The lowest BCUT2D eigenvalue weighted by molar-refractivity contribution is -0.142. The number of para-hydroxylation sites is 1. The Balaban J connectivity index is 2.15. The van der Waals surface area contributed by atoms with Crippen molar-refractivity contribution < 1.29 is 14.3 Å². The van der Waals surface area contributed by atoms with E-state index in [1.165, 1.54) is 4.90 Å². The SMILES string of the molecule is Cc1ccccc1OCC(=O)N(Cc1ccc(Cl)cc1)C(C)C(=O)NC(C)C. The van der Waals surface area contributed by atoms with Crippen LogP contribution in [-0.2, 0) is 16.1 Å². The standard InChI is InChI=1S/C22H27ClN2O3/c1-15(2)24-22(27)17(4)25(13-18-9-11-19(23)12-10-18)21(26)14-28-20-8-6-5-7-16(20)3/h5-12,15,17H,13-14H2,1-4H3,(H,24,27). The van der Waals surface area contributed by atoms with Gasteiger partial charge in [0.15, 0.2) is 6.61 Å². The first-order chi connectivity index (χ1) is 13.3. The zero-order chi connectivity index (χ0) is 20.7. The minimum absolute atomic E-state index is 0.00866. The molecule has 6 heteroatoms. The van der Waals surface area contributed by atoms with E-state index >= 15 is 0 Å². The van der Waals surface area contributed by atoms with E-state index in [9.17, 15) is 9.59 Å². The van der Waals surface area contributed by atoms with Gasteiger partial charge >= 0.3 is 0 Å². The van der Waals surface area contributed by atoms with Crippen LogP contribution in [0.3, 0.4) is 0 Å². The van der Waals surface area contributed by atoms with E-state index in [-0.39, 0.29) is 24.5 Å². The highest BCUT2D eigenvalue weighted by Crippen LogP contribution is 2.17. The number of carbonyl (C=O) groups is 2. The third-order valence-corrected chi connectivity index (χ3v) is 4.56. The van der Waals surface area contributed by atoms with Gasteiger partial charge in [0.05, 0.1) is 0 Å².